The summed E-state index contributed by atoms with van der Waals surface area (Å²) in [6.45, 7) is 0. The smallest absolute Gasteiger partial charge is 0.0696 e. The van der Waals surface area contributed by atoms with E-state index < -0.39 is 0 Å². The van der Waals surface area contributed by atoms with Crippen molar-refractivity contribution in [3.63, 3.8) is 0 Å². The van der Waals surface area contributed by atoms with Gasteiger partial charge in [-0.3, -0.25) is 9.35 Å². The van der Waals surface area contributed by atoms with Crippen LogP contribution in [0.2, 0.25) is 0 Å². The van der Waals surface area contributed by atoms with Crippen molar-refractivity contribution in [3.8, 4) is 44.8 Å². The zero-order valence-electron chi connectivity index (χ0n) is 16.4. The molecule has 4 heteroatoms. The zero-order chi connectivity index (χ0) is 20.5. The Labute approximate surface area is 175 Å². The largest absolute Gasteiger partial charge is 0.339 e. The number of nitrogen functional groups attached to an aromatic ring is 2. The summed E-state index contributed by atoms with van der Waals surface area (Å²) in [7, 11) is 0. The molecule has 0 atom stereocenters. The molecule has 0 spiro atoms. The molecule has 4 nitrogen and oxygen atoms in total. The maximum absolute atomic E-state index is 6.30. The first kappa shape index (κ1) is 17.9. The van der Waals surface area contributed by atoms with Crippen LogP contribution in [0.15, 0.2) is 109 Å². The number of hydrogen-bond acceptors (Lipinski definition) is 2. The van der Waals surface area contributed by atoms with Crippen LogP contribution < -0.4 is 11.7 Å². The molecule has 4 N–H and O–H groups in total. The summed E-state index contributed by atoms with van der Waals surface area (Å²) >= 11 is 0. The van der Waals surface area contributed by atoms with Crippen molar-refractivity contribution < 1.29 is 0 Å². The van der Waals surface area contributed by atoms with Gasteiger partial charge in [0.1, 0.15) is 0 Å². The van der Waals surface area contributed by atoms with E-state index in [0.29, 0.717) is 0 Å². The molecule has 0 unspecified atom stereocenters. The summed E-state index contributed by atoms with van der Waals surface area (Å²) < 4.78 is 3.36. The maximum atomic E-state index is 6.30. The second-order valence-electron chi connectivity index (χ2n) is 7.36. The van der Waals surface area contributed by atoms with Crippen LogP contribution in [0, 0.1) is 0 Å². The van der Waals surface area contributed by atoms with Crippen LogP contribution in [-0.2, 0) is 0 Å². The number of aromatic nitrogens is 2. The molecule has 0 amide bonds. The van der Waals surface area contributed by atoms with Gasteiger partial charge in [0, 0.05) is 34.6 Å². The fourth-order valence-electron chi connectivity index (χ4n) is 3.84. The van der Waals surface area contributed by atoms with Crippen molar-refractivity contribution in [2.45, 2.75) is 0 Å². The lowest BCUT2D eigenvalue weighted by atomic mass is 10.0. The number of nitrogens with zero attached hydrogens (tertiary/aromatic N) is 2. The molecular weight excluding hydrogens is 368 g/mol. The molecule has 5 rings (SSSR count). The number of rotatable bonds is 4. The molecule has 2 heterocycles. The highest BCUT2D eigenvalue weighted by atomic mass is 15.3. The monoisotopic (exact) mass is 390 g/mol. The van der Waals surface area contributed by atoms with E-state index in [4.69, 9.17) is 11.7 Å². The van der Waals surface area contributed by atoms with Crippen LogP contribution >= 0.6 is 0 Å². The summed E-state index contributed by atoms with van der Waals surface area (Å²) in [5.41, 5.74) is 8.45. The maximum Gasteiger partial charge on any atom is 0.0696 e. The van der Waals surface area contributed by atoms with Gasteiger partial charge in [-0.2, -0.15) is 0 Å². The van der Waals surface area contributed by atoms with Crippen LogP contribution in [0.1, 0.15) is 0 Å². The minimum atomic E-state index is 0.953. The molecule has 0 aliphatic rings. The van der Waals surface area contributed by atoms with E-state index in [2.05, 4.69) is 54.6 Å². The van der Waals surface area contributed by atoms with Crippen molar-refractivity contribution in [2.24, 2.45) is 0 Å². The van der Waals surface area contributed by atoms with Crippen LogP contribution in [0.5, 0.6) is 0 Å². The van der Waals surface area contributed by atoms with Crippen molar-refractivity contribution >= 4 is 0 Å². The minimum absolute atomic E-state index is 0.953. The van der Waals surface area contributed by atoms with E-state index in [0.717, 1.165) is 44.8 Å². The highest BCUT2D eigenvalue weighted by Gasteiger charge is 2.12. The van der Waals surface area contributed by atoms with Gasteiger partial charge in [-0.05, 0) is 29.3 Å². The highest BCUT2D eigenvalue weighted by molar-refractivity contribution is 5.77. The molecule has 0 fully saturated rings. The Morgan fingerprint density at radius 3 is 1.23 bits per heavy atom. The predicted molar refractivity (Wildman–Crippen MR) is 124 cm³/mol. The Hall–Kier alpha value is -4.18. The van der Waals surface area contributed by atoms with Crippen LogP contribution in [0.3, 0.4) is 0 Å². The number of nitrogens with two attached hydrogens (primary N) is 2. The summed E-state index contributed by atoms with van der Waals surface area (Å²) in [6, 6.07) is 33.0. The third kappa shape index (κ3) is 3.25. The highest BCUT2D eigenvalue weighted by Crippen LogP contribution is 2.32. The average Bonchev–Trinajstić information content (AvgIpc) is 3.38. The lowest BCUT2D eigenvalue weighted by Crippen LogP contribution is -2.08. The van der Waals surface area contributed by atoms with Gasteiger partial charge in [-0.15, -0.1) is 0 Å². The van der Waals surface area contributed by atoms with Crippen molar-refractivity contribution in [2.75, 3.05) is 11.7 Å². The lowest BCUT2D eigenvalue weighted by molar-refractivity contribution is 1.02. The van der Waals surface area contributed by atoms with Crippen molar-refractivity contribution in [1.29, 1.82) is 0 Å². The van der Waals surface area contributed by atoms with E-state index in [1.807, 2.05) is 54.9 Å². The van der Waals surface area contributed by atoms with Gasteiger partial charge in [0.05, 0.1) is 11.4 Å². The van der Waals surface area contributed by atoms with Crippen LogP contribution in [-0.4, -0.2) is 9.35 Å². The van der Waals surface area contributed by atoms with Gasteiger partial charge in [0.15, 0.2) is 0 Å². The predicted octanol–water partition coefficient (Wildman–Crippen LogP) is 5.39. The minimum Gasteiger partial charge on any atom is -0.339 e. The molecule has 2 aromatic heterocycles. The zero-order valence-corrected chi connectivity index (χ0v) is 16.4. The van der Waals surface area contributed by atoms with Gasteiger partial charge < -0.3 is 11.7 Å². The topological polar surface area (TPSA) is 61.9 Å². The number of hydrogen-bond donors (Lipinski definition) is 2. The van der Waals surface area contributed by atoms with Crippen molar-refractivity contribution in [3.05, 3.63) is 109 Å². The summed E-state index contributed by atoms with van der Waals surface area (Å²) in [5, 5.41) is 0. The SMILES string of the molecule is Nn1cc(-c2ccccc2)cc1-c1cccc(-c2cc(-c3ccccc3)cn2N)c1. The van der Waals surface area contributed by atoms with Crippen molar-refractivity contribution in [1.82, 2.24) is 9.35 Å². The second kappa shape index (κ2) is 7.33. The van der Waals surface area contributed by atoms with E-state index in [-0.39, 0.29) is 0 Å². The molecular formula is C26H22N4. The van der Waals surface area contributed by atoms with Gasteiger partial charge in [0.2, 0.25) is 0 Å². The summed E-state index contributed by atoms with van der Waals surface area (Å²) in [6.07, 6.45) is 3.91. The Morgan fingerprint density at radius 2 is 0.800 bits per heavy atom. The molecule has 0 radical (unpaired) electrons. The van der Waals surface area contributed by atoms with Crippen LogP contribution in [0.4, 0.5) is 0 Å². The Morgan fingerprint density at radius 1 is 0.400 bits per heavy atom. The molecule has 3 aromatic carbocycles. The number of benzene rings is 3. The normalized spacial score (nSPS) is 10.9. The summed E-state index contributed by atoms with van der Waals surface area (Å²) in [5.74, 6) is 12.6. The van der Waals surface area contributed by atoms with E-state index in [1.54, 1.807) is 9.35 Å². The van der Waals surface area contributed by atoms with Crippen LogP contribution in [0.25, 0.3) is 44.8 Å². The first-order valence-corrected chi connectivity index (χ1v) is 9.85. The first-order valence-electron chi connectivity index (χ1n) is 9.85. The molecule has 0 aliphatic carbocycles. The average molecular weight is 390 g/mol. The Bertz CT molecular complexity index is 1200. The van der Waals surface area contributed by atoms with Gasteiger partial charge >= 0.3 is 0 Å². The second-order valence-corrected chi connectivity index (χ2v) is 7.36. The Balaban J connectivity index is 1.53. The van der Waals surface area contributed by atoms with E-state index in [1.165, 1.54) is 0 Å². The molecule has 30 heavy (non-hydrogen) atoms. The van der Waals surface area contributed by atoms with Gasteiger partial charge in [-0.1, -0.05) is 78.9 Å². The third-order valence-electron chi connectivity index (χ3n) is 5.37. The first-order chi connectivity index (χ1) is 14.7. The third-order valence-corrected chi connectivity index (χ3v) is 5.37. The van der Waals surface area contributed by atoms with Gasteiger partial charge in [-0.25, -0.2) is 0 Å². The fourth-order valence-corrected chi connectivity index (χ4v) is 3.84. The summed E-state index contributed by atoms with van der Waals surface area (Å²) in [4.78, 5) is 0. The molecule has 0 saturated carbocycles. The molecule has 5 aromatic rings. The lowest BCUT2D eigenvalue weighted by Gasteiger charge is -2.07. The van der Waals surface area contributed by atoms with Gasteiger partial charge in [0.25, 0.3) is 0 Å². The molecule has 0 bridgehead atoms. The quantitative estimate of drug-likeness (QED) is 0.404. The standard InChI is InChI=1S/C26H22N4/c27-29-17-23(19-8-3-1-4-9-19)15-25(29)21-12-7-13-22(14-21)26-16-24(18-30(26)28)20-10-5-2-6-11-20/h1-18H,27-28H2. The molecule has 146 valence electrons. The fraction of sp³-hybridized carbons (Fsp3) is 0. The molecule has 0 aliphatic heterocycles. The Kier molecular flexibility index (Phi) is 4.37. The van der Waals surface area contributed by atoms with E-state index in [9.17, 15) is 0 Å². The van der Waals surface area contributed by atoms with E-state index >= 15 is 0 Å². The molecule has 0 saturated heterocycles.